The van der Waals surface area contributed by atoms with Crippen LogP contribution >= 0.6 is 11.6 Å². The summed E-state index contributed by atoms with van der Waals surface area (Å²) in [7, 11) is 1.65. The Labute approximate surface area is 182 Å². The standard InChI is InChI=1S/C24H25ClN2O3/c1-3-29-23-14-19(15-26-27-16-20-11-7-8-12-22(20)28-2)13-21(25)24(23)30-17-18-9-5-4-6-10-18/h4-15,27H,3,16-17H2,1-2H3/b26-15+. The Morgan fingerprint density at radius 2 is 1.73 bits per heavy atom. The van der Waals surface area contributed by atoms with Gasteiger partial charge in [-0.05, 0) is 36.2 Å². The van der Waals surface area contributed by atoms with Crippen LogP contribution in [0.25, 0.3) is 0 Å². The number of nitrogens with zero attached hydrogens (tertiary/aromatic N) is 1. The highest BCUT2D eigenvalue weighted by molar-refractivity contribution is 6.32. The molecule has 0 heterocycles. The predicted octanol–water partition coefficient (Wildman–Crippen LogP) is 5.45. The van der Waals surface area contributed by atoms with Crippen LogP contribution < -0.4 is 19.6 Å². The van der Waals surface area contributed by atoms with Crippen LogP contribution in [-0.2, 0) is 13.2 Å². The molecule has 3 aromatic carbocycles. The van der Waals surface area contributed by atoms with Gasteiger partial charge in [-0.2, -0.15) is 5.10 Å². The van der Waals surface area contributed by atoms with Crippen molar-refractivity contribution in [2.24, 2.45) is 5.10 Å². The molecule has 0 radical (unpaired) electrons. The monoisotopic (exact) mass is 424 g/mol. The third-order valence-corrected chi connectivity index (χ3v) is 4.61. The van der Waals surface area contributed by atoms with E-state index in [4.69, 9.17) is 25.8 Å². The van der Waals surface area contributed by atoms with Crippen molar-refractivity contribution in [2.75, 3.05) is 13.7 Å². The van der Waals surface area contributed by atoms with Gasteiger partial charge in [0.2, 0.25) is 0 Å². The highest BCUT2D eigenvalue weighted by atomic mass is 35.5. The van der Waals surface area contributed by atoms with Gasteiger partial charge in [0, 0.05) is 5.56 Å². The Morgan fingerprint density at radius 1 is 0.967 bits per heavy atom. The van der Waals surface area contributed by atoms with Crippen LogP contribution in [0.2, 0.25) is 5.02 Å². The van der Waals surface area contributed by atoms with Crippen molar-refractivity contribution in [3.8, 4) is 17.2 Å². The van der Waals surface area contributed by atoms with Crippen LogP contribution in [-0.4, -0.2) is 19.9 Å². The number of methoxy groups -OCH3 is 1. The van der Waals surface area contributed by atoms with Crippen LogP contribution in [0.5, 0.6) is 17.2 Å². The molecule has 0 spiro atoms. The summed E-state index contributed by atoms with van der Waals surface area (Å²) >= 11 is 6.48. The number of benzene rings is 3. The maximum Gasteiger partial charge on any atom is 0.180 e. The van der Waals surface area contributed by atoms with E-state index in [0.717, 1.165) is 22.4 Å². The van der Waals surface area contributed by atoms with E-state index >= 15 is 0 Å². The van der Waals surface area contributed by atoms with E-state index < -0.39 is 0 Å². The maximum atomic E-state index is 6.48. The summed E-state index contributed by atoms with van der Waals surface area (Å²) in [6.45, 7) is 3.38. The minimum Gasteiger partial charge on any atom is -0.496 e. The molecular weight excluding hydrogens is 400 g/mol. The summed E-state index contributed by atoms with van der Waals surface area (Å²) in [4.78, 5) is 0. The lowest BCUT2D eigenvalue weighted by Crippen LogP contribution is -2.07. The molecule has 0 saturated heterocycles. The molecule has 3 rings (SSSR count). The van der Waals surface area contributed by atoms with Crippen molar-refractivity contribution in [1.82, 2.24) is 5.43 Å². The molecule has 156 valence electrons. The van der Waals surface area contributed by atoms with Gasteiger partial charge in [-0.25, -0.2) is 0 Å². The maximum absolute atomic E-state index is 6.48. The summed E-state index contributed by atoms with van der Waals surface area (Å²) in [5, 5.41) is 4.77. The third kappa shape index (κ3) is 5.91. The normalized spacial score (nSPS) is 10.8. The van der Waals surface area contributed by atoms with Crippen LogP contribution in [0.4, 0.5) is 0 Å². The van der Waals surface area contributed by atoms with Crippen molar-refractivity contribution < 1.29 is 14.2 Å². The molecule has 1 N–H and O–H groups in total. The van der Waals surface area contributed by atoms with E-state index in [9.17, 15) is 0 Å². The van der Waals surface area contributed by atoms with Crippen molar-refractivity contribution in [3.05, 3.63) is 88.4 Å². The summed E-state index contributed by atoms with van der Waals surface area (Å²) < 4.78 is 17.0. The van der Waals surface area contributed by atoms with E-state index in [1.54, 1.807) is 19.4 Å². The SMILES string of the molecule is CCOc1cc(/C=N/NCc2ccccc2OC)cc(Cl)c1OCc1ccccc1. The predicted molar refractivity (Wildman–Crippen MR) is 121 cm³/mol. The van der Waals surface area contributed by atoms with Gasteiger partial charge in [0.25, 0.3) is 0 Å². The first kappa shape index (κ1) is 21.5. The molecule has 5 nitrogen and oxygen atoms in total. The van der Waals surface area contributed by atoms with E-state index in [0.29, 0.717) is 36.3 Å². The summed E-state index contributed by atoms with van der Waals surface area (Å²) in [5.74, 6) is 1.94. The van der Waals surface area contributed by atoms with Crippen molar-refractivity contribution in [3.63, 3.8) is 0 Å². The highest BCUT2D eigenvalue weighted by Gasteiger charge is 2.12. The lowest BCUT2D eigenvalue weighted by molar-refractivity contribution is 0.269. The number of hydrogen-bond donors (Lipinski definition) is 1. The molecule has 0 aliphatic carbocycles. The number of para-hydroxylation sites is 1. The number of rotatable bonds is 10. The molecule has 0 unspecified atom stereocenters. The zero-order valence-electron chi connectivity index (χ0n) is 17.1. The minimum atomic E-state index is 0.411. The summed E-state index contributed by atoms with van der Waals surface area (Å²) in [5.41, 5.74) is 5.92. The van der Waals surface area contributed by atoms with Gasteiger partial charge in [0.15, 0.2) is 11.5 Å². The van der Waals surface area contributed by atoms with E-state index in [2.05, 4.69) is 10.5 Å². The molecule has 0 aliphatic rings. The Morgan fingerprint density at radius 3 is 2.50 bits per heavy atom. The lowest BCUT2D eigenvalue weighted by Gasteiger charge is -2.14. The first-order valence-electron chi connectivity index (χ1n) is 9.72. The number of ether oxygens (including phenoxy) is 3. The average molecular weight is 425 g/mol. The molecule has 3 aromatic rings. The van der Waals surface area contributed by atoms with Gasteiger partial charge in [-0.15, -0.1) is 0 Å². The topological polar surface area (TPSA) is 52.1 Å². The first-order chi connectivity index (χ1) is 14.7. The molecule has 0 amide bonds. The summed E-state index contributed by atoms with van der Waals surface area (Å²) in [6.07, 6.45) is 1.70. The number of nitrogens with one attached hydrogen (secondary N) is 1. The van der Waals surface area contributed by atoms with Crippen LogP contribution in [0, 0.1) is 0 Å². The van der Waals surface area contributed by atoms with Crippen molar-refractivity contribution in [1.29, 1.82) is 0 Å². The van der Waals surface area contributed by atoms with Crippen LogP contribution in [0.1, 0.15) is 23.6 Å². The fourth-order valence-corrected chi connectivity index (χ4v) is 3.17. The quantitative estimate of drug-likeness (QED) is 0.347. The summed E-state index contributed by atoms with van der Waals surface area (Å²) in [6, 6.07) is 21.4. The second-order valence-corrected chi connectivity index (χ2v) is 6.85. The molecule has 30 heavy (non-hydrogen) atoms. The molecule has 0 aliphatic heterocycles. The number of hydrogen-bond acceptors (Lipinski definition) is 5. The van der Waals surface area contributed by atoms with Gasteiger partial charge < -0.3 is 19.6 Å². The Balaban J connectivity index is 1.68. The van der Waals surface area contributed by atoms with E-state index in [1.807, 2.05) is 67.6 Å². The van der Waals surface area contributed by atoms with Gasteiger partial charge in [-0.1, -0.05) is 60.1 Å². The van der Waals surface area contributed by atoms with E-state index in [-0.39, 0.29) is 0 Å². The van der Waals surface area contributed by atoms with Gasteiger partial charge in [0.1, 0.15) is 12.4 Å². The molecule has 0 fully saturated rings. The lowest BCUT2D eigenvalue weighted by atomic mass is 10.2. The van der Waals surface area contributed by atoms with Crippen LogP contribution in [0.3, 0.4) is 0 Å². The Hall–Kier alpha value is -3.18. The highest BCUT2D eigenvalue weighted by Crippen LogP contribution is 2.37. The molecule has 0 saturated carbocycles. The van der Waals surface area contributed by atoms with Gasteiger partial charge >= 0.3 is 0 Å². The van der Waals surface area contributed by atoms with Crippen LogP contribution in [0.15, 0.2) is 71.8 Å². The van der Waals surface area contributed by atoms with E-state index in [1.165, 1.54) is 0 Å². The van der Waals surface area contributed by atoms with Crippen molar-refractivity contribution >= 4 is 17.8 Å². The number of hydrazone groups is 1. The number of halogens is 1. The third-order valence-electron chi connectivity index (χ3n) is 4.32. The second kappa shape index (κ2) is 11.1. The van der Waals surface area contributed by atoms with Gasteiger partial charge in [0.05, 0.1) is 31.5 Å². The zero-order chi connectivity index (χ0) is 21.2. The molecule has 0 atom stereocenters. The smallest absolute Gasteiger partial charge is 0.180 e. The van der Waals surface area contributed by atoms with Crippen molar-refractivity contribution in [2.45, 2.75) is 20.1 Å². The first-order valence-corrected chi connectivity index (χ1v) is 10.1. The largest absolute Gasteiger partial charge is 0.496 e. The second-order valence-electron chi connectivity index (χ2n) is 6.44. The zero-order valence-corrected chi connectivity index (χ0v) is 17.9. The molecule has 6 heteroatoms. The average Bonchev–Trinajstić information content (AvgIpc) is 2.77. The fraction of sp³-hybridized carbons (Fsp3) is 0.208. The molecule has 0 aromatic heterocycles. The minimum absolute atomic E-state index is 0.411. The molecular formula is C24H25ClN2O3. The Bertz CT molecular complexity index is 977. The molecule has 0 bridgehead atoms. The fourth-order valence-electron chi connectivity index (χ4n) is 2.90. The Kier molecular flexibility index (Phi) is 7.98. The van der Waals surface area contributed by atoms with Gasteiger partial charge in [-0.3, -0.25) is 0 Å².